The highest BCUT2D eigenvalue weighted by molar-refractivity contribution is 7.10. The Labute approximate surface area is 134 Å². The van der Waals surface area contributed by atoms with E-state index in [4.69, 9.17) is 5.26 Å². The van der Waals surface area contributed by atoms with Crippen LogP contribution in [0.5, 0.6) is 0 Å². The van der Waals surface area contributed by atoms with E-state index < -0.39 is 0 Å². The summed E-state index contributed by atoms with van der Waals surface area (Å²) in [6.45, 7) is 0. The van der Waals surface area contributed by atoms with E-state index in [2.05, 4.69) is 22.8 Å². The Morgan fingerprint density at radius 1 is 1.23 bits per heavy atom. The van der Waals surface area contributed by atoms with Crippen molar-refractivity contribution in [3.05, 3.63) is 57.8 Å². The lowest BCUT2D eigenvalue weighted by Crippen LogP contribution is -2.32. The van der Waals surface area contributed by atoms with Gasteiger partial charge in [0, 0.05) is 10.4 Å². The van der Waals surface area contributed by atoms with Crippen molar-refractivity contribution in [3.63, 3.8) is 0 Å². The highest BCUT2D eigenvalue weighted by Gasteiger charge is 2.28. The minimum atomic E-state index is -0.0604. The van der Waals surface area contributed by atoms with E-state index in [-0.39, 0.29) is 11.9 Å². The molecule has 3 nitrogen and oxygen atoms in total. The molecule has 2 aromatic rings. The smallest absolute Gasteiger partial charge is 0.251 e. The molecule has 1 aliphatic carbocycles. The van der Waals surface area contributed by atoms with Crippen LogP contribution in [0, 0.1) is 17.2 Å². The first-order chi connectivity index (χ1) is 10.8. The number of thiophene rings is 1. The molecule has 1 aromatic carbocycles. The van der Waals surface area contributed by atoms with Crippen molar-refractivity contribution in [2.45, 2.75) is 31.7 Å². The van der Waals surface area contributed by atoms with E-state index in [1.807, 2.05) is 6.07 Å². The molecule has 0 aliphatic heterocycles. The molecule has 22 heavy (non-hydrogen) atoms. The fraction of sp³-hybridized carbons (Fsp3) is 0.333. The molecular formula is C18H18N2OS. The van der Waals surface area contributed by atoms with Crippen molar-refractivity contribution < 1.29 is 4.79 Å². The highest BCUT2D eigenvalue weighted by atomic mass is 32.1. The number of amides is 1. The first kappa shape index (κ1) is 14.8. The van der Waals surface area contributed by atoms with E-state index >= 15 is 0 Å². The van der Waals surface area contributed by atoms with Gasteiger partial charge in [0.15, 0.2) is 0 Å². The summed E-state index contributed by atoms with van der Waals surface area (Å²) < 4.78 is 0. The monoisotopic (exact) mass is 310 g/mol. The average Bonchev–Trinajstić information content (AvgIpc) is 3.26. The average molecular weight is 310 g/mol. The minimum absolute atomic E-state index is 0.0604. The molecule has 0 unspecified atom stereocenters. The quantitative estimate of drug-likeness (QED) is 0.916. The number of carbonyl (C=O) groups is 1. The van der Waals surface area contributed by atoms with Crippen molar-refractivity contribution in [2.75, 3.05) is 0 Å². The Morgan fingerprint density at radius 2 is 1.95 bits per heavy atom. The van der Waals surface area contributed by atoms with Crippen molar-refractivity contribution >= 4 is 17.2 Å². The van der Waals surface area contributed by atoms with Crippen LogP contribution in [0.25, 0.3) is 0 Å². The van der Waals surface area contributed by atoms with E-state index in [1.54, 1.807) is 35.6 Å². The van der Waals surface area contributed by atoms with Gasteiger partial charge in [-0.25, -0.2) is 0 Å². The van der Waals surface area contributed by atoms with Gasteiger partial charge in [-0.1, -0.05) is 18.9 Å². The summed E-state index contributed by atoms with van der Waals surface area (Å²) in [4.78, 5) is 13.7. The molecule has 1 fully saturated rings. The fourth-order valence-electron chi connectivity index (χ4n) is 3.10. The molecule has 1 N–H and O–H groups in total. The molecule has 1 saturated carbocycles. The maximum atomic E-state index is 12.5. The molecular weight excluding hydrogens is 292 g/mol. The lowest BCUT2D eigenvalue weighted by atomic mass is 9.96. The molecule has 0 radical (unpaired) electrons. The Bertz CT molecular complexity index is 664. The van der Waals surface area contributed by atoms with Gasteiger partial charge in [-0.05, 0) is 54.5 Å². The maximum absolute atomic E-state index is 12.5. The summed E-state index contributed by atoms with van der Waals surface area (Å²) in [5.41, 5.74) is 1.18. The Balaban J connectivity index is 1.77. The molecule has 3 rings (SSSR count). The van der Waals surface area contributed by atoms with E-state index in [0.717, 1.165) is 0 Å². The summed E-state index contributed by atoms with van der Waals surface area (Å²) >= 11 is 1.70. The Kier molecular flexibility index (Phi) is 4.55. The van der Waals surface area contributed by atoms with Crippen molar-refractivity contribution in [2.24, 2.45) is 5.92 Å². The summed E-state index contributed by atoms with van der Waals surface area (Å²) in [5.74, 6) is 0.468. The van der Waals surface area contributed by atoms with E-state index in [0.29, 0.717) is 17.0 Å². The molecule has 1 atom stereocenters. The largest absolute Gasteiger partial charge is 0.344 e. The third kappa shape index (κ3) is 3.20. The van der Waals surface area contributed by atoms with Crippen LogP contribution < -0.4 is 5.32 Å². The Morgan fingerprint density at radius 3 is 2.55 bits per heavy atom. The lowest BCUT2D eigenvalue weighted by molar-refractivity contribution is 0.0923. The molecule has 112 valence electrons. The fourth-order valence-corrected chi connectivity index (χ4v) is 3.97. The van der Waals surface area contributed by atoms with Crippen LogP contribution >= 0.6 is 11.3 Å². The second-order valence-corrected chi connectivity index (χ2v) is 6.68. The van der Waals surface area contributed by atoms with Gasteiger partial charge in [0.1, 0.15) is 0 Å². The van der Waals surface area contributed by atoms with Gasteiger partial charge in [0.05, 0.1) is 17.7 Å². The lowest BCUT2D eigenvalue weighted by Gasteiger charge is -2.23. The molecule has 0 saturated heterocycles. The number of rotatable bonds is 4. The molecule has 1 heterocycles. The number of carbonyl (C=O) groups excluding carboxylic acids is 1. The number of nitriles is 1. The van der Waals surface area contributed by atoms with Crippen molar-refractivity contribution in [1.82, 2.24) is 5.32 Å². The standard InChI is InChI=1S/C18H18N2OS/c19-12-13-7-9-15(10-8-13)18(21)20-17(14-4-1-2-5-14)16-6-3-11-22-16/h3,6-11,14,17H,1-2,4-5H2,(H,20,21)/t17-/m1/s1. The zero-order valence-electron chi connectivity index (χ0n) is 12.3. The van der Waals surface area contributed by atoms with E-state index in [1.165, 1.54) is 30.6 Å². The normalized spacial score (nSPS) is 16.1. The molecule has 1 aliphatic rings. The van der Waals surface area contributed by atoms with Crippen LogP contribution in [0.3, 0.4) is 0 Å². The summed E-state index contributed by atoms with van der Waals surface area (Å²) in [6.07, 6.45) is 4.85. The highest BCUT2D eigenvalue weighted by Crippen LogP contribution is 2.37. The number of nitrogens with zero attached hydrogens (tertiary/aromatic N) is 1. The van der Waals surface area contributed by atoms with Crippen molar-refractivity contribution in [3.8, 4) is 6.07 Å². The zero-order chi connectivity index (χ0) is 15.4. The summed E-state index contributed by atoms with van der Waals surface area (Å²) in [5, 5.41) is 14.1. The van der Waals surface area contributed by atoms with Crippen LogP contribution in [0.15, 0.2) is 41.8 Å². The first-order valence-electron chi connectivity index (χ1n) is 7.62. The van der Waals surface area contributed by atoms with Crippen molar-refractivity contribution in [1.29, 1.82) is 5.26 Å². The van der Waals surface area contributed by atoms with Gasteiger partial charge in [-0.2, -0.15) is 5.26 Å². The first-order valence-corrected chi connectivity index (χ1v) is 8.50. The third-order valence-corrected chi connectivity index (χ3v) is 5.24. The van der Waals surface area contributed by atoms with Crippen LogP contribution in [0.4, 0.5) is 0 Å². The summed E-state index contributed by atoms with van der Waals surface area (Å²) in [6, 6.07) is 13.1. The number of hydrogen-bond acceptors (Lipinski definition) is 3. The number of hydrogen-bond donors (Lipinski definition) is 1. The van der Waals surface area contributed by atoms with Gasteiger partial charge in [0.2, 0.25) is 0 Å². The predicted molar refractivity (Wildman–Crippen MR) is 87.6 cm³/mol. The number of benzene rings is 1. The van der Waals surface area contributed by atoms with Crippen LogP contribution in [0.1, 0.15) is 52.5 Å². The molecule has 0 spiro atoms. The molecule has 0 bridgehead atoms. The zero-order valence-corrected chi connectivity index (χ0v) is 13.1. The van der Waals surface area contributed by atoms with Gasteiger partial charge < -0.3 is 5.32 Å². The molecule has 1 aromatic heterocycles. The SMILES string of the molecule is N#Cc1ccc(C(=O)N[C@@H](c2cccs2)C2CCCC2)cc1. The third-order valence-electron chi connectivity index (χ3n) is 4.28. The number of nitrogens with one attached hydrogen (secondary N) is 1. The van der Waals surface area contributed by atoms with Gasteiger partial charge >= 0.3 is 0 Å². The maximum Gasteiger partial charge on any atom is 0.251 e. The molecule has 4 heteroatoms. The predicted octanol–water partition coefficient (Wildman–Crippen LogP) is 4.28. The van der Waals surface area contributed by atoms with Crippen LogP contribution in [0.2, 0.25) is 0 Å². The summed E-state index contributed by atoms with van der Waals surface area (Å²) in [7, 11) is 0. The minimum Gasteiger partial charge on any atom is -0.344 e. The topological polar surface area (TPSA) is 52.9 Å². The second kappa shape index (κ2) is 6.76. The van der Waals surface area contributed by atoms with E-state index in [9.17, 15) is 4.79 Å². The second-order valence-electron chi connectivity index (χ2n) is 5.70. The van der Waals surface area contributed by atoms with Gasteiger partial charge in [0.25, 0.3) is 5.91 Å². The van der Waals surface area contributed by atoms with Crippen LogP contribution in [-0.4, -0.2) is 5.91 Å². The van der Waals surface area contributed by atoms with Crippen LogP contribution in [-0.2, 0) is 0 Å². The van der Waals surface area contributed by atoms with Gasteiger partial charge in [-0.3, -0.25) is 4.79 Å². The molecule has 1 amide bonds. The van der Waals surface area contributed by atoms with Gasteiger partial charge in [-0.15, -0.1) is 11.3 Å². The Hall–Kier alpha value is -2.12.